The number of hydrogen-bond donors (Lipinski definition) is 2. The molecule has 1 aliphatic heterocycles. The molecule has 4 atom stereocenters. The molecule has 1 heterocycles. The van der Waals surface area contributed by atoms with E-state index in [-0.39, 0.29) is 36.2 Å². The van der Waals surface area contributed by atoms with Gasteiger partial charge in [0.05, 0.1) is 5.92 Å². The predicted molar refractivity (Wildman–Crippen MR) is 128 cm³/mol. The molecule has 8 heteroatoms. The highest BCUT2D eigenvalue weighted by Crippen LogP contribution is 2.52. The monoisotopic (exact) mass is 478 g/mol. The molecule has 184 valence electrons. The number of methoxy groups -OCH3 is 1. The second-order valence-electron chi connectivity index (χ2n) is 9.59. The lowest BCUT2D eigenvalue weighted by Crippen LogP contribution is -2.49. The van der Waals surface area contributed by atoms with Crippen molar-refractivity contribution in [2.75, 3.05) is 33.4 Å². The zero-order chi connectivity index (χ0) is 24.5. The third kappa shape index (κ3) is 4.50. The van der Waals surface area contributed by atoms with E-state index >= 15 is 0 Å². The van der Waals surface area contributed by atoms with Gasteiger partial charge in [-0.2, -0.15) is 0 Å². The summed E-state index contributed by atoms with van der Waals surface area (Å²) in [6.07, 6.45) is 0.399. The van der Waals surface area contributed by atoms with Crippen LogP contribution < -0.4 is 5.32 Å². The van der Waals surface area contributed by atoms with Crippen molar-refractivity contribution in [1.82, 2.24) is 10.2 Å². The quantitative estimate of drug-likeness (QED) is 0.537. The summed E-state index contributed by atoms with van der Waals surface area (Å²) in [5.74, 6) is -1.35. The molecule has 2 aromatic rings. The number of carbonyl (C=O) groups is 3. The molecule has 1 saturated carbocycles. The number of hydrogen-bond acceptors (Lipinski definition) is 5. The van der Waals surface area contributed by atoms with Crippen molar-refractivity contribution in [3.05, 3.63) is 59.7 Å². The fourth-order valence-electron chi connectivity index (χ4n) is 5.76. The number of alkyl carbamates (subject to hydrolysis) is 1. The van der Waals surface area contributed by atoms with Crippen LogP contribution in [0.25, 0.3) is 11.1 Å². The van der Waals surface area contributed by atoms with Crippen molar-refractivity contribution >= 4 is 18.0 Å². The number of nitrogens with one attached hydrogen (secondary N) is 1. The standard InChI is InChI=1S/C27H30N2O6/c1-34-12-6-11-23(25(30)29-13-20-21(14-29)24(20)26(31)32)28-27(33)35-15-22-18-9-4-2-7-16(18)17-8-3-5-10-19(17)22/h2-5,7-10,20-24H,6,11-15H2,1H3,(H,28,33)(H,31,32)/t20-,21+,23?,24?. The lowest BCUT2D eigenvalue weighted by Gasteiger charge is -2.26. The Bertz CT molecular complexity index is 1080. The minimum Gasteiger partial charge on any atom is -0.481 e. The smallest absolute Gasteiger partial charge is 0.407 e. The number of fused-ring (bicyclic) bond motifs is 4. The van der Waals surface area contributed by atoms with Crippen molar-refractivity contribution in [2.24, 2.45) is 17.8 Å². The SMILES string of the molecule is COCCCC(NC(=O)OCC1c2ccccc2-c2ccccc21)C(=O)N1C[C@@H]2C(C(=O)O)[C@@H]2C1. The molecule has 0 bridgehead atoms. The minimum atomic E-state index is -0.791. The van der Waals surface area contributed by atoms with Crippen LogP contribution in [0.3, 0.4) is 0 Å². The number of nitrogens with zero attached hydrogens (tertiary/aromatic N) is 1. The summed E-state index contributed by atoms with van der Waals surface area (Å²) >= 11 is 0. The first-order chi connectivity index (χ1) is 17.0. The Morgan fingerprint density at radius 3 is 2.20 bits per heavy atom. The molecule has 8 nitrogen and oxygen atoms in total. The fourth-order valence-corrected chi connectivity index (χ4v) is 5.76. The average Bonchev–Trinajstić information content (AvgIpc) is 3.21. The Kier molecular flexibility index (Phi) is 6.47. The number of amides is 2. The average molecular weight is 479 g/mol. The van der Waals surface area contributed by atoms with E-state index in [9.17, 15) is 19.5 Å². The molecule has 5 rings (SSSR count). The molecular weight excluding hydrogens is 448 g/mol. The third-order valence-electron chi connectivity index (χ3n) is 7.57. The Hall–Kier alpha value is -3.39. The third-order valence-corrected chi connectivity index (χ3v) is 7.57. The number of carboxylic acid groups (broad SMARTS) is 1. The van der Waals surface area contributed by atoms with Gasteiger partial charge in [0.2, 0.25) is 5.91 Å². The van der Waals surface area contributed by atoms with Gasteiger partial charge in [-0.25, -0.2) is 4.79 Å². The van der Waals surface area contributed by atoms with E-state index in [1.165, 1.54) is 0 Å². The first-order valence-corrected chi connectivity index (χ1v) is 12.1. The highest BCUT2D eigenvalue weighted by molar-refractivity contribution is 5.87. The summed E-state index contributed by atoms with van der Waals surface area (Å²) in [4.78, 5) is 38.9. The van der Waals surface area contributed by atoms with Crippen LogP contribution in [0.1, 0.15) is 29.9 Å². The first-order valence-electron chi connectivity index (χ1n) is 12.1. The molecule has 2 unspecified atom stereocenters. The van der Waals surface area contributed by atoms with Gasteiger partial charge in [-0.05, 0) is 46.9 Å². The zero-order valence-corrected chi connectivity index (χ0v) is 19.7. The molecule has 2 amide bonds. The second kappa shape index (κ2) is 9.70. The fraction of sp³-hybridized carbons (Fsp3) is 0.444. The van der Waals surface area contributed by atoms with Gasteiger partial charge in [-0.1, -0.05) is 48.5 Å². The Balaban J connectivity index is 1.21. The van der Waals surface area contributed by atoms with Crippen LogP contribution >= 0.6 is 0 Å². The molecule has 0 radical (unpaired) electrons. The van der Waals surface area contributed by atoms with Gasteiger partial charge in [-0.15, -0.1) is 0 Å². The predicted octanol–water partition coefficient (Wildman–Crippen LogP) is 3.11. The number of ether oxygens (including phenoxy) is 2. The molecule has 2 aromatic carbocycles. The minimum absolute atomic E-state index is 0.0190. The Labute approximate surface area is 204 Å². The summed E-state index contributed by atoms with van der Waals surface area (Å²) in [6, 6.07) is 15.5. The van der Waals surface area contributed by atoms with Gasteiger partial charge < -0.3 is 24.8 Å². The summed E-state index contributed by atoms with van der Waals surface area (Å²) in [7, 11) is 1.59. The van der Waals surface area contributed by atoms with E-state index in [1.54, 1.807) is 12.0 Å². The van der Waals surface area contributed by atoms with Crippen LogP contribution in [0.4, 0.5) is 4.79 Å². The van der Waals surface area contributed by atoms with Crippen molar-refractivity contribution in [1.29, 1.82) is 0 Å². The van der Waals surface area contributed by atoms with Crippen molar-refractivity contribution < 1.29 is 29.0 Å². The molecule has 1 saturated heterocycles. The van der Waals surface area contributed by atoms with Gasteiger partial charge in [0.15, 0.2) is 0 Å². The number of aliphatic carboxylic acids is 1. The maximum atomic E-state index is 13.2. The van der Waals surface area contributed by atoms with E-state index in [2.05, 4.69) is 29.6 Å². The highest BCUT2D eigenvalue weighted by atomic mass is 16.5. The summed E-state index contributed by atoms with van der Waals surface area (Å²) in [5, 5.41) is 12.0. The lowest BCUT2D eigenvalue weighted by molar-refractivity contribution is -0.141. The number of carbonyl (C=O) groups excluding carboxylic acids is 2. The summed E-state index contributed by atoms with van der Waals surface area (Å²) in [6.45, 7) is 1.50. The van der Waals surface area contributed by atoms with Crippen LogP contribution in [-0.4, -0.2) is 67.4 Å². The highest BCUT2D eigenvalue weighted by Gasteiger charge is 2.60. The number of likely N-dealkylation sites (tertiary alicyclic amines) is 1. The summed E-state index contributed by atoms with van der Waals surface area (Å²) < 4.78 is 10.8. The van der Waals surface area contributed by atoms with Gasteiger partial charge >= 0.3 is 12.1 Å². The molecule has 0 aromatic heterocycles. The van der Waals surface area contributed by atoms with Gasteiger partial charge in [0.25, 0.3) is 0 Å². The van der Waals surface area contributed by atoms with Crippen molar-refractivity contribution in [2.45, 2.75) is 24.8 Å². The molecule has 2 aliphatic carbocycles. The van der Waals surface area contributed by atoms with E-state index in [1.807, 2.05) is 24.3 Å². The van der Waals surface area contributed by atoms with Crippen LogP contribution in [-0.2, 0) is 19.1 Å². The van der Waals surface area contributed by atoms with Crippen LogP contribution in [0, 0.1) is 17.8 Å². The van der Waals surface area contributed by atoms with Crippen LogP contribution in [0.5, 0.6) is 0 Å². The van der Waals surface area contributed by atoms with Crippen molar-refractivity contribution in [3.63, 3.8) is 0 Å². The zero-order valence-electron chi connectivity index (χ0n) is 19.7. The lowest BCUT2D eigenvalue weighted by atomic mass is 9.98. The second-order valence-corrected chi connectivity index (χ2v) is 9.59. The maximum Gasteiger partial charge on any atom is 0.407 e. The summed E-state index contributed by atoms with van der Waals surface area (Å²) in [5.41, 5.74) is 4.55. The largest absolute Gasteiger partial charge is 0.481 e. The van der Waals surface area contributed by atoms with Crippen LogP contribution in [0.15, 0.2) is 48.5 Å². The number of piperidine rings is 1. The maximum absolute atomic E-state index is 13.2. The molecular formula is C27H30N2O6. The van der Waals surface area contributed by atoms with Gasteiger partial charge in [0, 0.05) is 32.7 Å². The number of benzene rings is 2. The van der Waals surface area contributed by atoms with E-state index in [4.69, 9.17) is 9.47 Å². The van der Waals surface area contributed by atoms with Gasteiger partial charge in [0.1, 0.15) is 12.6 Å². The van der Waals surface area contributed by atoms with Crippen molar-refractivity contribution in [3.8, 4) is 11.1 Å². The van der Waals surface area contributed by atoms with E-state index < -0.39 is 18.1 Å². The topological polar surface area (TPSA) is 105 Å². The van der Waals surface area contributed by atoms with E-state index in [0.29, 0.717) is 32.5 Å². The van der Waals surface area contributed by atoms with Crippen LogP contribution in [0.2, 0.25) is 0 Å². The molecule has 35 heavy (non-hydrogen) atoms. The number of rotatable bonds is 9. The number of carboxylic acids is 1. The molecule has 3 aliphatic rings. The molecule has 0 spiro atoms. The molecule has 2 N–H and O–H groups in total. The Morgan fingerprint density at radius 2 is 1.63 bits per heavy atom. The Morgan fingerprint density at radius 1 is 1.03 bits per heavy atom. The van der Waals surface area contributed by atoms with E-state index in [0.717, 1.165) is 22.3 Å². The first kappa shape index (κ1) is 23.4. The molecule has 2 fully saturated rings. The van der Waals surface area contributed by atoms with Gasteiger partial charge in [-0.3, -0.25) is 9.59 Å². The normalized spacial score (nSPS) is 22.7.